The van der Waals surface area contributed by atoms with Gasteiger partial charge in [0, 0.05) is 50.2 Å². The first-order valence-corrected chi connectivity index (χ1v) is 11.7. The highest BCUT2D eigenvalue weighted by Crippen LogP contribution is 2.42. The van der Waals surface area contributed by atoms with Gasteiger partial charge in [0.15, 0.2) is 0 Å². The molecule has 0 bridgehead atoms. The predicted octanol–water partition coefficient (Wildman–Crippen LogP) is 4.56. The Labute approximate surface area is 195 Å². The fourth-order valence-electron chi connectivity index (χ4n) is 4.31. The summed E-state index contributed by atoms with van der Waals surface area (Å²) >= 11 is 0. The minimum Gasteiger partial charge on any atom is -0.354 e. The van der Waals surface area contributed by atoms with Crippen molar-refractivity contribution in [3.05, 3.63) is 59.9 Å². The molecule has 2 fully saturated rings. The van der Waals surface area contributed by atoms with Crippen LogP contribution in [0, 0.1) is 11.3 Å². The zero-order chi connectivity index (χ0) is 22.8. The Morgan fingerprint density at radius 2 is 1.82 bits per heavy atom. The second-order valence-electron chi connectivity index (χ2n) is 9.13. The normalized spacial score (nSPS) is 16.6. The van der Waals surface area contributed by atoms with Crippen molar-refractivity contribution in [2.75, 3.05) is 36.4 Å². The summed E-state index contributed by atoms with van der Waals surface area (Å²) in [6.07, 6.45) is 5.99. The van der Waals surface area contributed by atoms with E-state index < -0.39 is 0 Å². The molecule has 7 nitrogen and oxygen atoms in total. The minimum atomic E-state index is 0.570. The number of hydrogen-bond acceptors (Lipinski definition) is 7. The third-order valence-electron chi connectivity index (χ3n) is 6.45. The lowest BCUT2D eigenvalue weighted by atomic mass is 10.1. The lowest BCUT2D eigenvalue weighted by Crippen LogP contribution is -2.49. The van der Waals surface area contributed by atoms with E-state index in [4.69, 9.17) is 15.2 Å². The van der Waals surface area contributed by atoms with E-state index in [2.05, 4.69) is 64.3 Å². The number of nitrogens with one attached hydrogen (secondary N) is 1. The molecule has 1 aliphatic heterocycles. The maximum atomic E-state index is 9.17. The molecular formula is C26H29N7. The Balaban J connectivity index is 1.37. The van der Waals surface area contributed by atoms with Crippen LogP contribution in [0.4, 0.5) is 17.5 Å². The molecular weight excluding hydrogens is 410 g/mol. The van der Waals surface area contributed by atoms with Gasteiger partial charge in [-0.05, 0) is 74.6 Å². The van der Waals surface area contributed by atoms with E-state index in [-0.39, 0.29) is 0 Å². The van der Waals surface area contributed by atoms with E-state index in [1.54, 1.807) is 18.3 Å². The third kappa shape index (κ3) is 4.96. The Hall–Kier alpha value is -3.50. The number of rotatable bonds is 6. The van der Waals surface area contributed by atoms with Gasteiger partial charge in [-0.3, -0.25) is 4.90 Å². The quantitative estimate of drug-likeness (QED) is 0.603. The maximum absolute atomic E-state index is 9.17. The van der Waals surface area contributed by atoms with Gasteiger partial charge in [0.1, 0.15) is 17.5 Å². The zero-order valence-electron chi connectivity index (χ0n) is 19.2. The van der Waals surface area contributed by atoms with Crippen LogP contribution in [0.15, 0.2) is 48.8 Å². The Bertz CT molecular complexity index is 1150. The molecule has 33 heavy (non-hydrogen) atoms. The van der Waals surface area contributed by atoms with Crippen molar-refractivity contribution in [1.29, 1.82) is 5.26 Å². The molecule has 5 rings (SSSR count). The van der Waals surface area contributed by atoms with E-state index in [0.717, 1.165) is 49.1 Å². The summed E-state index contributed by atoms with van der Waals surface area (Å²) in [5.74, 6) is 2.98. The van der Waals surface area contributed by atoms with E-state index in [9.17, 15) is 0 Å². The van der Waals surface area contributed by atoms with Gasteiger partial charge in [0.2, 0.25) is 0 Å². The van der Waals surface area contributed by atoms with Crippen LogP contribution in [-0.4, -0.2) is 52.1 Å². The van der Waals surface area contributed by atoms with Gasteiger partial charge in [0.05, 0.1) is 17.3 Å². The molecule has 0 atom stereocenters. The Morgan fingerprint density at radius 1 is 1.00 bits per heavy atom. The molecule has 0 amide bonds. The lowest BCUT2D eigenvalue weighted by Gasteiger charge is -2.37. The number of hydrogen-bond donors (Lipinski definition) is 1. The summed E-state index contributed by atoms with van der Waals surface area (Å²) in [7, 11) is 0. The van der Waals surface area contributed by atoms with E-state index in [0.29, 0.717) is 23.3 Å². The van der Waals surface area contributed by atoms with Gasteiger partial charge in [-0.2, -0.15) is 5.26 Å². The van der Waals surface area contributed by atoms with Gasteiger partial charge < -0.3 is 10.2 Å². The molecule has 168 valence electrons. The van der Waals surface area contributed by atoms with Crippen LogP contribution in [0.3, 0.4) is 0 Å². The average molecular weight is 440 g/mol. The molecule has 1 aliphatic carbocycles. The van der Waals surface area contributed by atoms with Crippen molar-refractivity contribution >= 4 is 17.5 Å². The average Bonchev–Trinajstić information content (AvgIpc) is 3.70. The van der Waals surface area contributed by atoms with Gasteiger partial charge in [-0.25, -0.2) is 15.0 Å². The highest BCUT2D eigenvalue weighted by atomic mass is 15.3. The standard InChI is InChI=1S/C26H29N7/c1-18(2)32-9-11-33(12-10-32)26-6-5-21(17-29-26)23-14-22(20-3-4-20)15-25(30-23)31-24-13-19(16-27)7-8-28-24/h5-8,13-15,17-18,20H,3-4,9-12H2,1-2H3,(H,28,30,31). The number of nitrogens with zero attached hydrogens (tertiary/aromatic N) is 6. The number of nitriles is 1. The van der Waals surface area contributed by atoms with Crippen LogP contribution < -0.4 is 10.2 Å². The smallest absolute Gasteiger partial charge is 0.132 e. The largest absolute Gasteiger partial charge is 0.354 e. The number of pyridine rings is 3. The molecule has 7 heteroatoms. The second-order valence-corrected chi connectivity index (χ2v) is 9.13. The SMILES string of the molecule is CC(C)N1CCN(c2ccc(-c3cc(C4CC4)cc(Nc4cc(C#N)ccn4)n3)cn2)CC1. The summed E-state index contributed by atoms with van der Waals surface area (Å²) < 4.78 is 0. The van der Waals surface area contributed by atoms with Crippen molar-refractivity contribution < 1.29 is 0 Å². The van der Waals surface area contributed by atoms with Crippen LogP contribution in [0.2, 0.25) is 0 Å². The van der Waals surface area contributed by atoms with E-state index >= 15 is 0 Å². The topological polar surface area (TPSA) is 81.0 Å². The van der Waals surface area contributed by atoms with Crippen molar-refractivity contribution in [2.24, 2.45) is 0 Å². The number of aromatic nitrogens is 3. The molecule has 1 N–H and O–H groups in total. The van der Waals surface area contributed by atoms with Crippen LogP contribution >= 0.6 is 0 Å². The molecule has 1 saturated heterocycles. The van der Waals surface area contributed by atoms with Crippen LogP contribution in [-0.2, 0) is 0 Å². The number of anilines is 3. The van der Waals surface area contributed by atoms with Gasteiger partial charge in [0.25, 0.3) is 0 Å². The fraction of sp³-hybridized carbons (Fsp3) is 0.385. The summed E-state index contributed by atoms with van der Waals surface area (Å²) in [6, 6.07) is 14.7. The molecule has 0 unspecified atom stereocenters. The predicted molar refractivity (Wildman–Crippen MR) is 131 cm³/mol. The van der Waals surface area contributed by atoms with Crippen LogP contribution in [0.25, 0.3) is 11.3 Å². The van der Waals surface area contributed by atoms with Crippen molar-refractivity contribution in [3.8, 4) is 17.3 Å². The van der Waals surface area contributed by atoms with Crippen LogP contribution in [0.5, 0.6) is 0 Å². The molecule has 4 heterocycles. The van der Waals surface area contributed by atoms with E-state index in [1.165, 1.54) is 18.4 Å². The lowest BCUT2D eigenvalue weighted by molar-refractivity contribution is 0.209. The fourth-order valence-corrected chi connectivity index (χ4v) is 4.31. The zero-order valence-corrected chi connectivity index (χ0v) is 19.2. The van der Waals surface area contributed by atoms with E-state index in [1.807, 2.05) is 6.20 Å². The van der Waals surface area contributed by atoms with Gasteiger partial charge in [-0.15, -0.1) is 0 Å². The molecule has 0 aromatic carbocycles. The third-order valence-corrected chi connectivity index (χ3v) is 6.45. The highest BCUT2D eigenvalue weighted by molar-refractivity contribution is 5.66. The highest BCUT2D eigenvalue weighted by Gasteiger charge is 2.25. The van der Waals surface area contributed by atoms with Crippen LogP contribution in [0.1, 0.15) is 43.7 Å². The Kier molecular flexibility index (Phi) is 5.93. The number of piperazine rings is 1. The molecule has 3 aromatic rings. The van der Waals surface area contributed by atoms with Gasteiger partial charge in [-0.1, -0.05) is 0 Å². The summed E-state index contributed by atoms with van der Waals surface area (Å²) in [5.41, 5.74) is 3.76. The monoisotopic (exact) mass is 439 g/mol. The van der Waals surface area contributed by atoms with Crippen molar-refractivity contribution in [3.63, 3.8) is 0 Å². The Morgan fingerprint density at radius 3 is 2.48 bits per heavy atom. The van der Waals surface area contributed by atoms with Crippen molar-refractivity contribution in [2.45, 2.75) is 38.6 Å². The molecule has 2 aliphatic rings. The first-order chi connectivity index (χ1) is 16.1. The molecule has 3 aromatic heterocycles. The second kappa shape index (κ2) is 9.16. The minimum absolute atomic E-state index is 0.570. The molecule has 1 saturated carbocycles. The first kappa shape index (κ1) is 21.4. The van der Waals surface area contributed by atoms with Gasteiger partial charge >= 0.3 is 0 Å². The molecule has 0 radical (unpaired) electrons. The summed E-state index contributed by atoms with van der Waals surface area (Å²) in [4.78, 5) is 18.8. The van der Waals surface area contributed by atoms with Crippen molar-refractivity contribution in [1.82, 2.24) is 19.9 Å². The maximum Gasteiger partial charge on any atom is 0.132 e. The summed E-state index contributed by atoms with van der Waals surface area (Å²) in [5, 5.41) is 12.4. The molecule has 0 spiro atoms. The summed E-state index contributed by atoms with van der Waals surface area (Å²) in [6.45, 7) is 8.66. The first-order valence-electron chi connectivity index (χ1n) is 11.7.